The number of hydrogen-bond acceptors (Lipinski definition) is 2. The van der Waals surface area contributed by atoms with Gasteiger partial charge < -0.3 is 9.90 Å². The van der Waals surface area contributed by atoms with Gasteiger partial charge in [0.1, 0.15) is 0 Å². The van der Waals surface area contributed by atoms with E-state index in [1.807, 2.05) is 0 Å². The standard InChI is InChI=1S/C9H9BrO2.K/c10-8-4-1-7(2-5-8)3-6-9(11)12;/h1-2,4-5H,3,6H2,(H,11,12);/q;+1/p-1/i3D,6D;. The summed E-state index contributed by atoms with van der Waals surface area (Å²) >= 11 is 3.22. The van der Waals surface area contributed by atoms with Crippen molar-refractivity contribution in [2.45, 2.75) is 12.8 Å². The van der Waals surface area contributed by atoms with Gasteiger partial charge in [0, 0.05) is 13.2 Å². The molecule has 0 heterocycles. The summed E-state index contributed by atoms with van der Waals surface area (Å²) in [6.45, 7) is 0. The Morgan fingerprint density at radius 2 is 2.00 bits per heavy atom. The van der Waals surface area contributed by atoms with E-state index in [2.05, 4.69) is 15.9 Å². The van der Waals surface area contributed by atoms with Crippen molar-refractivity contribution >= 4 is 21.9 Å². The van der Waals surface area contributed by atoms with E-state index in [0.29, 0.717) is 5.56 Å². The van der Waals surface area contributed by atoms with Gasteiger partial charge in [-0.1, -0.05) is 28.1 Å². The zero-order valence-electron chi connectivity index (χ0n) is 9.16. The van der Waals surface area contributed by atoms with Crippen molar-refractivity contribution in [1.82, 2.24) is 0 Å². The van der Waals surface area contributed by atoms with Gasteiger partial charge in [-0.25, -0.2) is 0 Å². The quantitative estimate of drug-likeness (QED) is 0.604. The minimum absolute atomic E-state index is 0. The maximum absolute atomic E-state index is 10.4. The van der Waals surface area contributed by atoms with Crippen LogP contribution in [0, 0.1) is 0 Å². The van der Waals surface area contributed by atoms with Gasteiger partial charge in [0.2, 0.25) is 0 Å². The smallest absolute Gasteiger partial charge is 0.550 e. The zero-order valence-corrected chi connectivity index (χ0v) is 11.9. The molecular weight excluding hydrogens is 259 g/mol. The van der Waals surface area contributed by atoms with Gasteiger partial charge in [-0.3, -0.25) is 0 Å². The largest absolute Gasteiger partial charge is 1.00 e. The first-order chi connectivity index (χ1) is 6.52. The third-order valence-corrected chi connectivity index (χ3v) is 1.81. The summed E-state index contributed by atoms with van der Waals surface area (Å²) in [6.07, 6.45) is -2.65. The van der Waals surface area contributed by atoms with E-state index in [-0.39, 0.29) is 51.4 Å². The molecule has 0 saturated heterocycles. The van der Waals surface area contributed by atoms with E-state index in [0.717, 1.165) is 4.47 Å². The number of carbonyl (C=O) groups is 1. The normalized spacial score (nSPS) is 16.1. The topological polar surface area (TPSA) is 40.1 Å². The molecule has 2 atom stereocenters. The molecule has 0 aromatic heterocycles. The fourth-order valence-corrected chi connectivity index (χ4v) is 1.00. The van der Waals surface area contributed by atoms with Crippen molar-refractivity contribution in [1.29, 1.82) is 0 Å². The maximum Gasteiger partial charge on any atom is 1.00 e. The van der Waals surface area contributed by atoms with Gasteiger partial charge in [0.05, 0.1) is 0 Å². The number of halogens is 1. The van der Waals surface area contributed by atoms with Crippen LogP contribution in [-0.2, 0) is 11.2 Å². The fraction of sp³-hybridized carbons (Fsp3) is 0.222. The molecule has 13 heavy (non-hydrogen) atoms. The Kier molecular flexibility index (Phi) is 5.68. The van der Waals surface area contributed by atoms with Crippen molar-refractivity contribution in [3.05, 3.63) is 34.3 Å². The van der Waals surface area contributed by atoms with Crippen molar-refractivity contribution in [2.75, 3.05) is 0 Å². The van der Waals surface area contributed by atoms with Crippen molar-refractivity contribution in [3.8, 4) is 0 Å². The number of benzene rings is 1. The predicted molar refractivity (Wildman–Crippen MR) is 47.5 cm³/mol. The Hall–Kier alpha value is 0.806. The maximum atomic E-state index is 10.4. The molecule has 4 heteroatoms. The summed E-state index contributed by atoms with van der Waals surface area (Å²) in [5, 5.41) is 10.4. The monoisotopic (exact) mass is 268 g/mol. The second-order valence-electron chi connectivity index (χ2n) is 2.20. The fourth-order valence-electron chi connectivity index (χ4n) is 0.738. The molecule has 0 radical (unpaired) electrons. The molecule has 0 bridgehead atoms. The SMILES string of the molecule is [2H]C(C(=O)[O-])C([2H])c1ccc(Br)cc1.[K+]. The number of hydrogen-bond donors (Lipinski definition) is 0. The summed E-state index contributed by atoms with van der Waals surface area (Å²) in [4.78, 5) is 10.4. The molecule has 0 N–H and O–H groups in total. The van der Waals surface area contributed by atoms with E-state index in [4.69, 9.17) is 2.74 Å². The molecule has 1 rings (SSSR count). The second kappa shape index (κ2) is 7.14. The molecule has 2 unspecified atom stereocenters. The Bertz CT molecular complexity index is 331. The van der Waals surface area contributed by atoms with Crippen LogP contribution < -0.4 is 56.5 Å². The van der Waals surface area contributed by atoms with Gasteiger partial charge >= 0.3 is 51.4 Å². The molecule has 0 saturated carbocycles. The molecular formula is C9H8BrKO2. The van der Waals surface area contributed by atoms with E-state index in [1.54, 1.807) is 24.3 Å². The van der Waals surface area contributed by atoms with Crippen LogP contribution in [0.2, 0.25) is 0 Å². The van der Waals surface area contributed by atoms with Gasteiger partial charge in [-0.15, -0.1) is 0 Å². The number of carboxylic acids is 1. The van der Waals surface area contributed by atoms with E-state index >= 15 is 0 Å². The summed E-state index contributed by atoms with van der Waals surface area (Å²) in [5.74, 6) is -1.52. The summed E-state index contributed by atoms with van der Waals surface area (Å²) < 4.78 is 15.5. The minimum atomic E-state index is -1.55. The molecule has 0 aliphatic carbocycles. The number of rotatable bonds is 3. The van der Waals surface area contributed by atoms with Gasteiger partial charge in [0.25, 0.3) is 0 Å². The first-order valence-electron chi connectivity index (χ1n) is 4.48. The van der Waals surface area contributed by atoms with Crippen molar-refractivity contribution < 1.29 is 64.0 Å². The van der Waals surface area contributed by atoms with Crippen LogP contribution in [0.1, 0.15) is 14.7 Å². The third-order valence-electron chi connectivity index (χ3n) is 1.28. The van der Waals surface area contributed by atoms with Crippen LogP contribution in [0.4, 0.5) is 0 Å². The van der Waals surface area contributed by atoms with E-state index in [1.165, 1.54) is 0 Å². The Morgan fingerprint density at radius 3 is 2.46 bits per heavy atom. The predicted octanol–water partition coefficient (Wildman–Crippen LogP) is -1.86. The average Bonchev–Trinajstić information content (AvgIpc) is 2.16. The number of aliphatic carboxylic acids is 1. The van der Waals surface area contributed by atoms with E-state index in [9.17, 15) is 9.90 Å². The molecule has 64 valence electrons. The Balaban J connectivity index is 0.00000196. The van der Waals surface area contributed by atoms with E-state index < -0.39 is 18.8 Å². The zero-order chi connectivity index (χ0) is 10.7. The minimum Gasteiger partial charge on any atom is -0.550 e. The molecule has 0 fully saturated rings. The Morgan fingerprint density at radius 1 is 1.46 bits per heavy atom. The molecule has 0 aliphatic rings. The molecule has 0 aliphatic heterocycles. The summed E-state index contributed by atoms with van der Waals surface area (Å²) in [5.41, 5.74) is 0.498. The molecule has 0 amide bonds. The Labute approximate surface area is 131 Å². The van der Waals surface area contributed by atoms with Crippen LogP contribution >= 0.6 is 15.9 Å². The van der Waals surface area contributed by atoms with Crippen LogP contribution in [0.25, 0.3) is 0 Å². The van der Waals surface area contributed by atoms with Crippen LogP contribution in [0.3, 0.4) is 0 Å². The van der Waals surface area contributed by atoms with Gasteiger partial charge in [-0.2, -0.15) is 0 Å². The first kappa shape index (κ1) is 10.3. The molecule has 1 aromatic carbocycles. The van der Waals surface area contributed by atoms with Crippen LogP contribution in [0.5, 0.6) is 0 Å². The van der Waals surface area contributed by atoms with Crippen molar-refractivity contribution in [3.63, 3.8) is 0 Å². The molecule has 0 spiro atoms. The first-order valence-corrected chi connectivity index (χ1v) is 4.12. The van der Waals surface area contributed by atoms with Gasteiger partial charge in [0.15, 0.2) is 0 Å². The van der Waals surface area contributed by atoms with Crippen LogP contribution in [-0.4, -0.2) is 5.97 Å². The summed E-state index contributed by atoms with van der Waals surface area (Å²) in [7, 11) is 0. The third kappa shape index (κ3) is 5.99. The van der Waals surface area contributed by atoms with Crippen molar-refractivity contribution in [2.24, 2.45) is 0 Å². The van der Waals surface area contributed by atoms with Crippen LogP contribution in [0.15, 0.2) is 28.7 Å². The molecule has 1 aromatic rings. The second-order valence-corrected chi connectivity index (χ2v) is 3.12. The average molecular weight is 269 g/mol. The molecule has 2 nitrogen and oxygen atoms in total. The number of carbonyl (C=O) groups excluding carboxylic acids is 1. The number of carboxylic acid groups (broad SMARTS) is 1. The van der Waals surface area contributed by atoms with Gasteiger partial charge in [-0.05, 0) is 30.5 Å². The summed E-state index contributed by atoms with van der Waals surface area (Å²) in [6, 6.07) is 6.65. The number of aryl methyl sites for hydroxylation is 1.